The molecule has 0 heterocycles. The molecule has 0 spiro atoms. The average molecular weight is 265 g/mol. The van der Waals surface area contributed by atoms with Crippen molar-refractivity contribution in [3.8, 4) is 5.75 Å². The molecule has 0 aliphatic heterocycles. The van der Waals surface area contributed by atoms with Gasteiger partial charge in [-0.05, 0) is 12.1 Å². The van der Waals surface area contributed by atoms with Crippen molar-refractivity contribution in [3.63, 3.8) is 0 Å². The first-order valence-corrected chi connectivity index (χ1v) is 4.08. The summed E-state index contributed by atoms with van der Waals surface area (Å²) in [6.45, 7) is 0. The molecule has 1 nitrogen and oxygen atoms in total. The zero-order valence-corrected chi connectivity index (χ0v) is 8.00. The molecule has 0 bridgehead atoms. The summed E-state index contributed by atoms with van der Waals surface area (Å²) in [7, 11) is 0. The van der Waals surface area contributed by atoms with Crippen LogP contribution in [0.5, 0.6) is 5.75 Å². The molecule has 0 aliphatic rings. The largest absolute Gasteiger partial charge is 0.506 e. The van der Waals surface area contributed by atoms with E-state index < -0.39 is 34.3 Å². The first-order chi connectivity index (χ1) is 7.03. The van der Waals surface area contributed by atoms with Crippen LogP contribution < -0.4 is 0 Å². The van der Waals surface area contributed by atoms with Gasteiger partial charge in [-0.1, -0.05) is 11.6 Å². The molecule has 0 aliphatic carbocycles. The second kappa shape index (κ2) is 3.73. The predicted molar refractivity (Wildman–Crippen MR) is 43.1 cm³/mol. The van der Waals surface area contributed by atoms with Crippen LogP contribution in [-0.2, 0) is 12.4 Å². The zero-order chi connectivity index (χ0) is 12.7. The van der Waals surface area contributed by atoms with Gasteiger partial charge in [0.2, 0.25) is 0 Å². The Morgan fingerprint density at radius 3 is 1.81 bits per heavy atom. The number of phenols is 1. The van der Waals surface area contributed by atoms with Gasteiger partial charge < -0.3 is 5.11 Å². The molecule has 90 valence electrons. The lowest BCUT2D eigenvalue weighted by molar-refractivity contribution is -0.143. The minimum Gasteiger partial charge on any atom is -0.506 e. The molecule has 8 heteroatoms. The second-order valence-corrected chi connectivity index (χ2v) is 3.23. The minimum absolute atomic E-state index is 0.136. The van der Waals surface area contributed by atoms with Crippen LogP contribution >= 0.6 is 11.6 Å². The number of halogens is 7. The third-order valence-corrected chi connectivity index (χ3v) is 2.08. The highest BCUT2D eigenvalue weighted by atomic mass is 35.5. The SMILES string of the molecule is Oc1cc(C(F)(F)F)cc(C(F)(F)F)c1Cl. The topological polar surface area (TPSA) is 20.2 Å². The monoisotopic (exact) mass is 264 g/mol. The second-order valence-electron chi connectivity index (χ2n) is 2.85. The van der Waals surface area contributed by atoms with E-state index in [-0.39, 0.29) is 12.1 Å². The maximum Gasteiger partial charge on any atom is 0.417 e. The van der Waals surface area contributed by atoms with Crippen LogP contribution in [0.2, 0.25) is 5.02 Å². The van der Waals surface area contributed by atoms with Gasteiger partial charge in [-0.25, -0.2) is 0 Å². The first-order valence-electron chi connectivity index (χ1n) is 3.70. The van der Waals surface area contributed by atoms with Crippen LogP contribution in [0.15, 0.2) is 12.1 Å². The quantitative estimate of drug-likeness (QED) is 0.700. The first kappa shape index (κ1) is 13.0. The number of phenolic OH excluding ortho intramolecular Hbond substituents is 1. The summed E-state index contributed by atoms with van der Waals surface area (Å²) in [6.07, 6.45) is -10.0. The van der Waals surface area contributed by atoms with Gasteiger partial charge in [0.15, 0.2) is 0 Å². The third kappa shape index (κ3) is 2.52. The molecule has 16 heavy (non-hydrogen) atoms. The van der Waals surface area contributed by atoms with Gasteiger partial charge in [0.25, 0.3) is 0 Å². The lowest BCUT2D eigenvalue weighted by Gasteiger charge is -2.13. The Bertz CT molecular complexity index is 408. The lowest BCUT2D eigenvalue weighted by Crippen LogP contribution is -2.11. The fourth-order valence-electron chi connectivity index (χ4n) is 0.979. The molecular formula is C8H3ClF6O. The van der Waals surface area contributed by atoms with Gasteiger partial charge in [0.1, 0.15) is 5.75 Å². The maximum atomic E-state index is 12.2. The summed E-state index contributed by atoms with van der Waals surface area (Å²) in [5.74, 6) is -1.26. The summed E-state index contributed by atoms with van der Waals surface area (Å²) >= 11 is 5.06. The van der Waals surface area contributed by atoms with E-state index in [0.29, 0.717) is 0 Å². The van der Waals surface area contributed by atoms with Crippen LogP contribution in [0.3, 0.4) is 0 Å². The van der Waals surface area contributed by atoms with Crippen LogP contribution in [0.1, 0.15) is 11.1 Å². The predicted octanol–water partition coefficient (Wildman–Crippen LogP) is 4.08. The van der Waals surface area contributed by atoms with Gasteiger partial charge in [0.05, 0.1) is 16.1 Å². The fraction of sp³-hybridized carbons (Fsp3) is 0.250. The Kier molecular flexibility index (Phi) is 3.02. The van der Waals surface area contributed by atoms with Crippen molar-refractivity contribution in [3.05, 3.63) is 28.3 Å². The molecular weight excluding hydrogens is 262 g/mol. The number of hydrogen-bond acceptors (Lipinski definition) is 1. The molecule has 0 fully saturated rings. The molecule has 0 unspecified atom stereocenters. The molecule has 0 amide bonds. The number of aromatic hydroxyl groups is 1. The van der Waals surface area contributed by atoms with Gasteiger partial charge in [-0.3, -0.25) is 0 Å². The van der Waals surface area contributed by atoms with Crippen LogP contribution in [0.25, 0.3) is 0 Å². The number of alkyl halides is 6. The highest BCUT2D eigenvalue weighted by Gasteiger charge is 2.39. The lowest BCUT2D eigenvalue weighted by atomic mass is 10.1. The van der Waals surface area contributed by atoms with Gasteiger partial charge in [0, 0.05) is 0 Å². The zero-order valence-electron chi connectivity index (χ0n) is 7.25. The Morgan fingerprint density at radius 1 is 0.938 bits per heavy atom. The number of hydrogen-bond donors (Lipinski definition) is 1. The van der Waals surface area contributed by atoms with E-state index >= 15 is 0 Å². The van der Waals surface area contributed by atoms with Crippen molar-refractivity contribution in [1.29, 1.82) is 0 Å². The van der Waals surface area contributed by atoms with Crippen LogP contribution in [0, 0.1) is 0 Å². The van der Waals surface area contributed by atoms with Crippen molar-refractivity contribution in [2.24, 2.45) is 0 Å². The summed E-state index contributed by atoms with van der Waals surface area (Å²) < 4.78 is 73.1. The minimum atomic E-state index is -5.06. The Labute approximate surface area is 90.3 Å². The third-order valence-electron chi connectivity index (χ3n) is 1.69. The molecule has 0 radical (unpaired) electrons. The van der Waals surface area contributed by atoms with Crippen molar-refractivity contribution >= 4 is 11.6 Å². The normalized spacial score (nSPS) is 12.9. The molecule has 0 atom stereocenters. The number of rotatable bonds is 0. The van der Waals surface area contributed by atoms with Crippen molar-refractivity contribution in [2.75, 3.05) is 0 Å². The smallest absolute Gasteiger partial charge is 0.417 e. The Morgan fingerprint density at radius 2 is 1.44 bits per heavy atom. The van der Waals surface area contributed by atoms with Crippen LogP contribution in [0.4, 0.5) is 26.3 Å². The summed E-state index contributed by atoms with van der Waals surface area (Å²) in [5.41, 5.74) is -3.33. The highest BCUT2D eigenvalue weighted by Crippen LogP contribution is 2.43. The Balaban J connectivity index is 3.46. The van der Waals surface area contributed by atoms with Gasteiger partial charge in [-0.2, -0.15) is 26.3 Å². The summed E-state index contributed by atoms with van der Waals surface area (Å²) in [6, 6.07) is -0.0143. The van der Waals surface area contributed by atoms with Crippen LogP contribution in [-0.4, -0.2) is 5.11 Å². The molecule has 1 rings (SSSR count). The fourth-order valence-corrected chi connectivity index (χ4v) is 1.20. The van der Waals surface area contributed by atoms with E-state index in [1.165, 1.54) is 0 Å². The van der Waals surface area contributed by atoms with E-state index in [0.717, 1.165) is 0 Å². The van der Waals surface area contributed by atoms with Crippen molar-refractivity contribution in [2.45, 2.75) is 12.4 Å². The van der Waals surface area contributed by atoms with E-state index in [9.17, 15) is 26.3 Å². The molecule has 0 saturated carbocycles. The van der Waals surface area contributed by atoms with E-state index in [4.69, 9.17) is 16.7 Å². The summed E-state index contributed by atoms with van der Waals surface area (Å²) in [5, 5.41) is 7.72. The summed E-state index contributed by atoms with van der Waals surface area (Å²) in [4.78, 5) is 0. The van der Waals surface area contributed by atoms with Crippen molar-refractivity contribution in [1.82, 2.24) is 0 Å². The molecule has 1 N–H and O–H groups in total. The van der Waals surface area contributed by atoms with Crippen molar-refractivity contribution < 1.29 is 31.4 Å². The van der Waals surface area contributed by atoms with E-state index in [1.807, 2.05) is 0 Å². The van der Waals surface area contributed by atoms with E-state index in [1.54, 1.807) is 0 Å². The standard InChI is InChI=1S/C8H3ClF6O/c9-6-4(8(13,14)15)1-3(2-5(6)16)7(10,11)12/h1-2,16H. The highest BCUT2D eigenvalue weighted by molar-refractivity contribution is 6.32. The van der Waals surface area contributed by atoms with Gasteiger partial charge in [-0.15, -0.1) is 0 Å². The molecule has 0 aromatic heterocycles. The van der Waals surface area contributed by atoms with Gasteiger partial charge >= 0.3 is 12.4 Å². The molecule has 1 aromatic rings. The molecule has 1 aromatic carbocycles. The number of benzene rings is 1. The van der Waals surface area contributed by atoms with E-state index in [2.05, 4.69) is 0 Å². The Hall–Kier alpha value is -1.11. The average Bonchev–Trinajstić information content (AvgIpc) is 2.05. The molecule has 0 saturated heterocycles. The maximum absolute atomic E-state index is 12.2.